The molecule has 26 heavy (non-hydrogen) atoms. The minimum Gasteiger partial charge on any atom is -0.419 e. The van der Waals surface area contributed by atoms with Crippen LogP contribution >= 0.6 is 11.8 Å². The molecule has 7 heteroatoms. The van der Waals surface area contributed by atoms with Crippen molar-refractivity contribution in [3.8, 4) is 11.5 Å². The van der Waals surface area contributed by atoms with E-state index in [2.05, 4.69) is 25.4 Å². The number of H-pyrrole nitrogens is 1. The number of aromatic nitrogens is 5. The van der Waals surface area contributed by atoms with Crippen molar-refractivity contribution < 1.29 is 4.42 Å². The fraction of sp³-hybridized carbons (Fsp3) is 0.474. The minimum absolute atomic E-state index is 0.00144. The summed E-state index contributed by atoms with van der Waals surface area (Å²) in [6, 6.07) is 9.80. The summed E-state index contributed by atoms with van der Waals surface area (Å²) in [6.07, 6.45) is 7.69. The molecule has 2 aromatic heterocycles. The molecule has 1 atom stereocenters. The quantitative estimate of drug-likeness (QED) is 0.601. The summed E-state index contributed by atoms with van der Waals surface area (Å²) in [7, 11) is 0. The third-order valence-corrected chi connectivity index (χ3v) is 5.82. The predicted octanol–water partition coefficient (Wildman–Crippen LogP) is 4.83. The number of hydrogen-bond acceptors (Lipinski definition) is 6. The standard InChI is InChI=1S/C19H23N5OS/c1-13(17-22-23-18(25-17)15-9-3-2-4-10-15)26-19-20-16(21-24-19)12-11-14-7-5-6-8-14/h2-4,9-10,13-14H,5-8,11-12H2,1H3,(H,20,21,24). The Hall–Kier alpha value is -2.15. The molecule has 1 saturated carbocycles. The summed E-state index contributed by atoms with van der Waals surface area (Å²) < 4.78 is 5.82. The Balaban J connectivity index is 1.34. The molecule has 3 aromatic rings. The van der Waals surface area contributed by atoms with E-state index >= 15 is 0 Å². The molecule has 2 heterocycles. The van der Waals surface area contributed by atoms with Crippen LogP contribution in [0.2, 0.25) is 0 Å². The van der Waals surface area contributed by atoms with Gasteiger partial charge in [0, 0.05) is 12.0 Å². The van der Waals surface area contributed by atoms with Gasteiger partial charge in [-0.15, -0.1) is 15.3 Å². The zero-order chi connectivity index (χ0) is 17.8. The average molecular weight is 369 g/mol. The monoisotopic (exact) mass is 369 g/mol. The lowest BCUT2D eigenvalue weighted by Crippen LogP contribution is -1.97. The summed E-state index contributed by atoms with van der Waals surface area (Å²) in [4.78, 5) is 4.61. The largest absolute Gasteiger partial charge is 0.419 e. The van der Waals surface area contributed by atoms with Crippen molar-refractivity contribution in [1.82, 2.24) is 25.4 Å². The Morgan fingerprint density at radius 2 is 2.00 bits per heavy atom. The van der Waals surface area contributed by atoms with Crippen molar-refractivity contribution in [1.29, 1.82) is 0 Å². The summed E-state index contributed by atoms with van der Waals surface area (Å²) in [5.74, 6) is 2.97. The Morgan fingerprint density at radius 1 is 1.19 bits per heavy atom. The highest BCUT2D eigenvalue weighted by atomic mass is 32.2. The maximum Gasteiger partial charge on any atom is 0.247 e. The minimum atomic E-state index is -0.00144. The number of aryl methyl sites for hydroxylation is 1. The van der Waals surface area contributed by atoms with Gasteiger partial charge in [-0.2, -0.15) is 0 Å². The van der Waals surface area contributed by atoms with E-state index in [0.29, 0.717) is 11.8 Å². The predicted molar refractivity (Wildman–Crippen MR) is 101 cm³/mol. The van der Waals surface area contributed by atoms with Gasteiger partial charge >= 0.3 is 0 Å². The molecule has 0 bridgehead atoms. The second-order valence-electron chi connectivity index (χ2n) is 6.83. The maximum atomic E-state index is 5.82. The summed E-state index contributed by atoms with van der Waals surface area (Å²) in [5.41, 5.74) is 0.926. The van der Waals surface area contributed by atoms with Gasteiger partial charge in [0.25, 0.3) is 0 Å². The van der Waals surface area contributed by atoms with E-state index in [1.807, 2.05) is 37.3 Å². The van der Waals surface area contributed by atoms with Crippen molar-refractivity contribution in [3.63, 3.8) is 0 Å². The van der Waals surface area contributed by atoms with E-state index in [0.717, 1.165) is 28.9 Å². The molecule has 0 aliphatic heterocycles. The van der Waals surface area contributed by atoms with Crippen LogP contribution in [-0.4, -0.2) is 25.4 Å². The van der Waals surface area contributed by atoms with Gasteiger partial charge in [-0.3, -0.25) is 5.10 Å². The van der Waals surface area contributed by atoms with Crippen molar-refractivity contribution in [2.24, 2.45) is 5.92 Å². The average Bonchev–Trinajstić information content (AvgIpc) is 3.42. The van der Waals surface area contributed by atoms with Crippen LogP contribution in [0.3, 0.4) is 0 Å². The normalized spacial score (nSPS) is 16.2. The highest BCUT2D eigenvalue weighted by Crippen LogP contribution is 2.33. The van der Waals surface area contributed by atoms with Crippen LogP contribution in [0.4, 0.5) is 0 Å². The molecule has 6 nitrogen and oxygen atoms in total. The van der Waals surface area contributed by atoms with E-state index in [1.54, 1.807) is 0 Å². The summed E-state index contributed by atoms with van der Waals surface area (Å²) in [6.45, 7) is 2.03. The highest BCUT2D eigenvalue weighted by molar-refractivity contribution is 7.99. The van der Waals surface area contributed by atoms with Gasteiger partial charge in [-0.1, -0.05) is 55.6 Å². The van der Waals surface area contributed by atoms with Crippen LogP contribution in [0.1, 0.15) is 56.0 Å². The number of nitrogens with one attached hydrogen (secondary N) is 1. The van der Waals surface area contributed by atoms with Crippen molar-refractivity contribution in [2.75, 3.05) is 0 Å². The number of benzene rings is 1. The lowest BCUT2D eigenvalue weighted by molar-refractivity contribution is 0.497. The third-order valence-electron chi connectivity index (χ3n) is 4.87. The second-order valence-corrected chi connectivity index (χ2v) is 8.13. The first-order chi connectivity index (χ1) is 12.8. The number of aromatic amines is 1. The van der Waals surface area contributed by atoms with Gasteiger partial charge in [-0.05, 0) is 31.4 Å². The van der Waals surface area contributed by atoms with E-state index in [4.69, 9.17) is 4.42 Å². The molecule has 0 saturated heterocycles. The van der Waals surface area contributed by atoms with Crippen LogP contribution in [0.5, 0.6) is 0 Å². The van der Waals surface area contributed by atoms with Gasteiger partial charge in [0.15, 0.2) is 0 Å². The number of nitrogens with zero attached hydrogens (tertiary/aromatic N) is 4. The molecule has 0 amide bonds. The second kappa shape index (κ2) is 8.03. The van der Waals surface area contributed by atoms with Gasteiger partial charge in [-0.25, -0.2) is 4.98 Å². The van der Waals surface area contributed by atoms with E-state index in [1.165, 1.54) is 43.9 Å². The first-order valence-corrected chi connectivity index (χ1v) is 10.1. The Kier molecular flexibility index (Phi) is 5.34. The molecule has 4 rings (SSSR count). The van der Waals surface area contributed by atoms with Crippen LogP contribution in [-0.2, 0) is 6.42 Å². The van der Waals surface area contributed by atoms with Crippen LogP contribution in [0.15, 0.2) is 39.9 Å². The molecule has 0 spiro atoms. The molecule has 1 unspecified atom stereocenters. The molecule has 136 valence electrons. The fourth-order valence-corrected chi connectivity index (χ4v) is 4.16. The maximum absolute atomic E-state index is 5.82. The lowest BCUT2D eigenvalue weighted by atomic mass is 10.0. The van der Waals surface area contributed by atoms with Crippen molar-refractivity contribution >= 4 is 11.8 Å². The smallest absolute Gasteiger partial charge is 0.247 e. The van der Waals surface area contributed by atoms with Gasteiger partial charge in [0.05, 0.1) is 5.25 Å². The zero-order valence-corrected chi connectivity index (χ0v) is 15.7. The zero-order valence-electron chi connectivity index (χ0n) is 14.9. The molecule has 1 N–H and O–H groups in total. The van der Waals surface area contributed by atoms with E-state index in [-0.39, 0.29) is 5.25 Å². The fourth-order valence-electron chi connectivity index (χ4n) is 3.39. The number of rotatable bonds is 7. The van der Waals surface area contributed by atoms with Crippen molar-refractivity contribution in [3.05, 3.63) is 42.0 Å². The first-order valence-electron chi connectivity index (χ1n) is 9.24. The molecule has 1 fully saturated rings. The van der Waals surface area contributed by atoms with Crippen LogP contribution in [0.25, 0.3) is 11.5 Å². The molecular weight excluding hydrogens is 346 g/mol. The first kappa shape index (κ1) is 17.3. The Bertz CT molecular complexity index is 825. The summed E-state index contributed by atoms with van der Waals surface area (Å²) >= 11 is 1.53. The lowest BCUT2D eigenvalue weighted by Gasteiger charge is -2.05. The number of hydrogen-bond donors (Lipinski definition) is 1. The molecule has 1 aliphatic rings. The van der Waals surface area contributed by atoms with E-state index in [9.17, 15) is 0 Å². The van der Waals surface area contributed by atoms with Crippen molar-refractivity contribution in [2.45, 2.75) is 55.9 Å². The topological polar surface area (TPSA) is 80.5 Å². The van der Waals surface area contributed by atoms with Crippen LogP contribution < -0.4 is 0 Å². The third kappa shape index (κ3) is 4.15. The SMILES string of the molecule is CC(Sc1n[nH]c(CCC2CCCC2)n1)c1nnc(-c2ccccc2)o1. The highest BCUT2D eigenvalue weighted by Gasteiger charge is 2.19. The van der Waals surface area contributed by atoms with E-state index < -0.39 is 0 Å². The van der Waals surface area contributed by atoms with Gasteiger partial charge in [0.2, 0.25) is 16.9 Å². The van der Waals surface area contributed by atoms with Gasteiger partial charge < -0.3 is 4.42 Å². The van der Waals surface area contributed by atoms with Gasteiger partial charge in [0.1, 0.15) is 5.82 Å². The Morgan fingerprint density at radius 3 is 2.81 bits per heavy atom. The molecule has 1 aromatic carbocycles. The summed E-state index contributed by atoms with van der Waals surface area (Å²) in [5, 5.41) is 16.5. The number of thioether (sulfide) groups is 1. The van der Waals surface area contributed by atoms with Crippen LogP contribution in [0, 0.1) is 5.92 Å². The Labute approximate surface area is 157 Å². The molecular formula is C19H23N5OS. The molecule has 1 aliphatic carbocycles. The molecule has 0 radical (unpaired) electrons.